The van der Waals surface area contributed by atoms with Gasteiger partial charge in [-0.25, -0.2) is 4.79 Å². The number of hydrogen-bond donors (Lipinski definition) is 2. The van der Waals surface area contributed by atoms with Gasteiger partial charge >= 0.3 is 6.03 Å². The molecule has 2 N–H and O–H groups in total. The molecule has 3 aliphatic rings. The van der Waals surface area contributed by atoms with Crippen molar-refractivity contribution in [3.8, 4) is 0 Å². The molecule has 4 heterocycles. The molecule has 4 amide bonds. The number of nitrogens with one attached hydrogen (secondary N) is 2. The molecular formula is C21H23N5O4. The number of imide groups is 1. The summed E-state index contributed by atoms with van der Waals surface area (Å²) in [7, 11) is 0. The van der Waals surface area contributed by atoms with Crippen LogP contribution in [0.1, 0.15) is 40.2 Å². The number of benzene rings is 1. The number of likely N-dealkylation sites (tertiary alicyclic amines) is 1. The van der Waals surface area contributed by atoms with Gasteiger partial charge in [-0.2, -0.15) is 5.10 Å². The Morgan fingerprint density at radius 1 is 1.17 bits per heavy atom. The van der Waals surface area contributed by atoms with Crippen LogP contribution in [0.15, 0.2) is 30.3 Å². The lowest BCUT2D eigenvalue weighted by Crippen LogP contribution is -2.57. The number of H-pyrrole nitrogens is 1. The first-order valence-corrected chi connectivity index (χ1v) is 10.2. The molecule has 0 unspecified atom stereocenters. The number of carbonyl (C=O) groups is 3. The molecule has 0 bridgehead atoms. The summed E-state index contributed by atoms with van der Waals surface area (Å²) in [5.41, 5.74) is 2.22. The van der Waals surface area contributed by atoms with Gasteiger partial charge < -0.3 is 14.5 Å². The highest BCUT2D eigenvalue weighted by atomic mass is 16.5. The van der Waals surface area contributed by atoms with E-state index in [2.05, 4.69) is 15.5 Å². The number of aromatic nitrogens is 2. The third-order valence-corrected chi connectivity index (χ3v) is 6.36. The summed E-state index contributed by atoms with van der Waals surface area (Å²) in [5.74, 6) is -0.437. The smallest absolute Gasteiger partial charge is 0.325 e. The van der Waals surface area contributed by atoms with Crippen molar-refractivity contribution in [1.29, 1.82) is 0 Å². The highest BCUT2D eigenvalue weighted by molar-refractivity contribution is 6.07. The second kappa shape index (κ2) is 7.24. The van der Waals surface area contributed by atoms with Gasteiger partial charge in [0.1, 0.15) is 5.54 Å². The first kappa shape index (κ1) is 18.8. The lowest BCUT2D eigenvalue weighted by Gasteiger charge is -2.42. The molecule has 5 rings (SSSR count). The molecule has 2 fully saturated rings. The summed E-state index contributed by atoms with van der Waals surface area (Å²) in [5, 5.41) is 9.64. The molecule has 9 heteroatoms. The minimum Gasteiger partial charge on any atom is -0.376 e. The Labute approximate surface area is 173 Å². The summed E-state index contributed by atoms with van der Waals surface area (Å²) in [6.07, 6.45) is 1.51. The highest BCUT2D eigenvalue weighted by Gasteiger charge is 2.54. The molecule has 0 aliphatic carbocycles. The number of hydrogen-bond acceptors (Lipinski definition) is 5. The predicted octanol–water partition coefficient (Wildman–Crippen LogP) is 1.21. The van der Waals surface area contributed by atoms with Crippen LogP contribution in [0.4, 0.5) is 4.79 Å². The first-order valence-electron chi connectivity index (χ1n) is 10.2. The predicted molar refractivity (Wildman–Crippen MR) is 105 cm³/mol. The standard InChI is InChI=1S/C21H23N5O4/c27-18(17-15-13-30-11-6-16(15)23-24-17)25-9-7-21(8-10-25)19(28)22-20(29)26(21)12-14-4-2-1-3-5-14/h1-5H,6-13H2,(H,23,24)(H,22,28,29). The van der Waals surface area contributed by atoms with E-state index in [0.717, 1.165) is 23.2 Å². The fraction of sp³-hybridized carbons (Fsp3) is 0.429. The largest absolute Gasteiger partial charge is 0.376 e. The molecule has 0 atom stereocenters. The van der Waals surface area contributed by atoms with Crippen molar-refractivity contribution in [2.45, 2.75) is 38.0 Å². The Kier molecular flexibility index (Phi) is 4.54. The van der Waals surface area contributed by atoms with Crippen molar-refractivity contribution in [2.24, 2.45) is 0 Å². The maximum absolute atomic E-state index is 13.1. The number of urea groups is 1. The number of fused-ring (bicyclic) bond motifs is 1. The van der Waals surface area contributed by atoms with E-state index in [9.17, 15) is 14.4 Å². The van der Waals surface area contributed by atoms with Crippen LogP contribution in [0.3, 0.4) is 0 Å². The number of nitrogens with zero attached hydrogens (tertiary/aromatic N) is 3. The molecule has 1 aromatic carbocycles. The molecule has 30 heavy (non-hydrogen) atoms. The third-order valence-electron chi connectivity index (χ3n) is 6.36. The van der Waals surface area contributed by atoms with Gasteiger partial charge in [0.2, 0.25) is 0 Å². The summed E-state index contributed by atoms with van der Waals surface area (Å²) in [6, 6.07) is 9.23. The average Bonchev–Trinajstić information content (AvgIpc) is 3.30. The number of carbonyl (C=O) groups excluding carboxylic acids is 3. The lowest BCUT2D eigenvalue weighted by atomic mass is 9.85. The van der Waals surface area contributed by atoms with Gasteiger partial charge in [0.05, 0.1) is 13.2 Å². The van der Waals surface area contributed by atoms with Crippen LogP contribution >= 0.6 is 0 Å². The van der Waals surface area contributed by atoms with E-state index in [1.807, 2.05) is 30.3 Å². The van der Waals surface area contributed by atoms with Gasteiger partial charge in [-0.3, -0.25) is 20.0 Å². The van der Waals surface area contributed by atoms with Crippen molar-refractivity contribution in [3.05, 3.63) is 52.8 Å². The van der Waals surface area contributed by atoms with E-state index in [4.69, 9.17) is 4.74 Å². The van der Waals surface area contributed by atoms with E-state index >= 15 is 0 Å². The maximum Gasteiger partial charge on any atom is 0.325 e. The Balaban J connectivity index is 1.33. The third kappa shape index (κ3) is 2.97. The molecule has 3 aliphatic heterocycles. The van der Waals surface area contributed by atoms with Crippen LogP contribution in [0.2, 0.25) is 0 Å². The van der Waals surface area contributed by atoms with Crippen molar-refractivity contribution >= 4 is 17.8 Å². The van der Waals surface area contributed by atoms with E-state index in [1.165, 1.54) is 0 Å². The van der Waals surface area contributed by atoms with Gasteiger partial charge in [-0.1, -0.05) is 30.3 Å². The minimum absolute atomic E-state index is 0.160. The summed E-state index contributed by atoms with van der Waals surface area (Å²) in [4.78, 5) is 41.7. The van der Waals surface area contributed by atoms with Crippen LogP contribution in [0.5, 0.6) is 0 Å². The van der Waals surface area contributed by atoms with E-state index < -0.39 is 5.54 Å². The number of amides is 4. The van der Waals surface area contributed by atoms with Gasteiger partial charge in [0.15, 0.2) is 5.69 Å². The summed E-state index contributed by atoms with van der Waals surface area (Å²) < 4.78 is 5.48. The maximum atomic E-state index is 13.1. The zero-order valence-corrected chi connectivity index (χ0v) is 16.5. The van der Waals surface area contributed by atoms with Gasteiger partial charge in [-0.15, -0.1) is 0 Å². The van der Waals surface area contributed by atoms with Crippen LogP contribution in [0, 0.1) is 0 Å². The molecule has 1 spiro atoms. The molecule has 156 valence electrons. The van der Waals surface area contributed by atoms with Crippen LogP contribution in [-0.4, -0.2) is 63.1 Å². The van der Waals surface area contributed by atoms with Crippen molar-refractivity contribution in [2.75, 3.05) is 19.7 Å². The molecule has 2 aromatic rings. The van der Waals surface area contributed by atoms with Crippen molar-refractivity contribution < 1.29 is 19.1 Å². The fourth-order valence-electron chi connectivity index (χ4n) is 4.60. The van der Waals surface area contributed by atoms with Crippen molar-refractivity contribution in [3.63, 3.8) is 0 Å². The quantitative estimate of drug-likeness (QED) is 0.741. The Hall–Kier alpha value is -3.20. The van der Waals surface area contributed by atoms with E-state index in [0.29, 0.717) is 51.4 Å². The first-order chi connectivity index (χ1) is 14.6. The van der Waals surface area contributed by atoms with E-state index in [1.54, 1.807) is 9.80 Å². The minimum atomic E-state index is -0.919. The molecule has 1 aromatic heterocycles. The number of rotatable bonds is 3. The van der Waals surface area contributed by atoms with Gasteiger partial charge in [0, 0.05) is 37.3 Å². The second-order valence-electron chi connectivity index (χ2n) is 7.99. The number of piperidine rings is 1. The van der Waals surface area contributed by atoms with Crippen molar-refractivity contribution in [1.82, 2.24) is 25.3 Å². The average molecular weight is 409 g/mol. The monoisotopic (exact) mass is 409 g/mol. The Morgan fingerprint density at radius 3 is 2.70 bits per heavy atom. The molecule has 9 nitrogen and oxygen atoms in total. The summed E-state index contributed by atoms with van der Waals surface area (Å²) in [6.45, 7) is 2.12. The lowest BCUT2D eigenvalue weighted by molar-refractivity contribution is -0.129. The molecule has 0 radical (unpaired) electrons. The zero-order valence-electron chi connectivity index (χ0n) is 16.5. The highest BCUT2D eigenvalue weighted by Crippen LogP contribution is 2.35. The van der Waals surface area contributed by atoms with Gasteiger partial charge in [-0.05, 0) is 18.4 Å². The SMILES string of the molecule is O=C(c1n[nH]c2c1COCC2)N1CCC2(CC1)C(=O)NC(=O)N2Cc1ccccc1. The molecular weight excluding hydrogens is 386 g/mol. The number of aromatic amines is 1. The van der Waals surface area contributed by atoms with Crippen LogP contribution in [-0.2, 0) is 29.1 Å². The van der Waals surface area contributed by atoms with Gasteiger partial charge in [0.25, 0.3) is 11.8 Å². The van der Waals surface area contributed by atoms with Crippen LogP contribution < -0.4 is 5.32 Å². The topological polar surface area (TPSA) is 108 Å². The van der Waals surface area contributed by atoms with Crippen LogP contribution in [0.25, 0.3) is 0 Å². The second-order valence-corrected chi connectivity index (χ2v) is 7.99. The molecule has 0 saturated carbocycles. The fourth-order valence-corrected chi connectivity index (χ4v) is 4.60. The Bertz CT molecular complexity index is 994. The molecule has 2 saturated heterocycles. The number of ether oxygens (including phenoxy) is 1. The normalized spacial score (nSPS) is 20.4. The summed E-state index contributed by atoms with van der Waals surface area (Å²) >= 11 is 0. The Morgan fingerprint density at radius 2 is 1.93 bits per heavy atom. The zero-order chi connectivity index (χ0) is 20.7. The van der Waals surface area contributed by atoms with E-state index in [-0.39, 0.29) is 17.8 Å².